The molecule has 0 aromatic heterocycles. The minimum atomic E-state index is -4.36. The van der Waals surface area contributed by atoms with Gasteiger partial charge in [-0.25, -0.2) is 4.99 Å². The number of nitrogens with zero attached hydrogens (tertiary/aromatic N) is 1. The van der Waals surface area contributed by atoms with Crippen LogP contribution in [0.3, 0.4) is 0 Å². The summed E-state index contributed by atoms with van der Waals surface area (Å²) in [7, 11) is 0. The summed E-state index contributed by atoms with van der Waals surface area (Å²) in [4.78, 5) is 4.47. The van der Waals surface area contributed by atoms with Crippen LogP contribution in [-0.2, 0) is 16.0 Å². The molecular weight excluding hydrogens is 387 g/mol. The first kappa shape index (κ1) is 23.3. The molecule has 29 heavy (non-hydrogen) atoms. The van der Waals surface area contributed by atoms with Gasteiger partial charge in [-0.1, -0.05) is 12.1 Å². The van der Waals surface area contributed by atoms with Crippen molar-refractivity contribution in [2.75, 3.05) is 46.1 Å². The Labute approximate surface area is 169 Å². The predicted octanol–water partition coefficient (Wildman–Crippen LogP) is 3.13. The fraction of sp³-hybridized carbons (Fsp3) is 0.650. The van der Waals surface area contributed by atoms with Gasteiger partial charge in [0.25, 0.3) is 0 Å². The Hall–Kier alpha value is -2.00. The van der Waals surface area contributed by atoms with Crippen LogP contribution >= 0.6 is 0 Å². The summed E-state index contributed by atoms with van der Waals surface area (Å²) in [5, 5.41) is 6.38. The second-order valence-corrected chi connectivity index (χ2v) is 6.83. The largest absolute Gasteiger partial charge is 0.484 e. The highest BCUT2D eigenvalue weighted by Gasteiger charge is 2.28. The number of aliphatic imine (C=N–C) groups is 1. The molecule has 164 valence electrons. The van der Waals surface area contributed by atoms with Gasteiger partial charge in [-0.3, -0.25) is 0 Å². The topological polar surface area (TPSA) is 64.1 Å². The first-order valence-corrected chi connectivity index (χ1v) is 9.92. The summed E-state index contributed by atoms with van der Waals surface area (Å²) in [5.74, 6) is 1.34. The van der Waals surface area contributed by atoms with E-state index >= 15 is 0 Å². The number of halogens is 3. The molecule has 2 rings (SSSR count). The number of hydrogen-bond acceptors (Lipinski definition) is 4. The molecule has 0 amide bonds. The fourth-order valence-electron chi connectivity index (χ4n) is 2.76. The molecule has 0 saturated carbocycles. The summed E-state index contributed by atoms with van der Waals surface area (Å²) < 4.78 is 52.6. The minimum absolute atomic E-state index is 0.179. The van der Waals surface area contributed by atoms with E-state index in [4.69, 9.17) is 14.2 Å². The first-order valence-electron chi connectivity index (χ1n) is 9.92. The molecule has 0 bridgehead atoms. The molecule has 1 fully saturated rings. The van der Waals surface area contributed by atoms with Crippen molar-refractivity contribution in [1.29, 1.82) is 0 Å². The quantitative estimate of drug-likeness (QED) is 0.329. The molecule has 0 spiro atoms. The highest BCUT2D eigenvalue weighted by Crippen LogP contribution is 2.19. The monoisotopic (exact) mass is 417 g/mol. The number of guanidine groups is 1. The molecule has 9 heteroatoms. The van der Waals surface area contributed by atoms with Crippen LogP contribution in [0.4, 0.5) is 13.2 Å². The van der Waals surface area contributed by atoms with Crippen molar-refractivity contribution in [3.8, 4) is 5.75 Å². The Kier molecular flexibility index (Phi) is 10.1. The molecule has 1 heterocycles. The van der Waals surface area contributed by atoms with E-state index in [0.29, 0.717) is 38.1 Å². The van der Waals surface area contributed by atoms with Crippen LogP contribution in [-0.4, -0.2) is 58.3 Å². The third-order valence-electron chi connectivity index (χ3n) is 4.20. The SMILES string of the molecule is CCNC(=NCc1cccc(OCC(F)(F)F)c1)NCCCOCC1CCOC1. The van der Waals surface area contributed by atoms with Crippen LogP contribution in [0.25, 0.3) is 0 Å². The van der Waals surface area contributed by atoms with Gasteiger partial charge < -0.3 is 24.8 Å². The molecule has 1 saturated heterocycles. The van der Waals surface area contributed by atoms with Crippen molar-refractivity contribution in [2.24, 2.45) is 10.9 Å². The maximum Gasteiger partial charge on any atom is 0.422 e. The van der Waals surface area contributed by atoms with E-state index < -0.39 is 12.8 Å². The summed E-state index contributed by atoms with van der Waals surface area (Å²) in [6.07, 6.45) is -2.44. The van der Waals surface area contributed by atoms with E-state index in [-0.39, 0.29) is 5.75 Å². The lowest BCUT2D eigenvalue weighted by atomic mass is 10.1. The number of rotatable bonds is 11. The van der Waals surface area contributed by atoms with E-state index in [1.807, 2.05) is 6.92 Å². The van der Waals surface area contributed by atoms with Crippen molar-refractivity contribution in [3.05, 3.63) is 29.8 Å². The predicted molar refractivity (Wildman–Crippen MR) is 105 cm³/mol. The Morgan fingerprint density at radius 2 is 2.17 bits per heavy atom. The van der Waals surface area contributed by atoms with Gasteiger partial charge in [-0.05, 0) is 37.5 Å². The van der Waals surface area contributed by atoms with Crippen LogP contribution in [0.5, 0.6) is 5.75 Å². The Morgan fingerprint density at radius 3 is 2.90 bits per heavy atom. The lowest BCUT2D eigenvalue weighted by Gasteiger charge is -2.13. The van der Waals surface area contributed by atoms with Crippen molar-refractivity contribution < 1.29 is 27.4 Å². The molecule has 1 aromatic carbocycles. The second kappa shape index (κ2) is 12.5. The molecule has 1 unspecified atom stereocenters. The zero-order valence-corrected chi connectivity index (χ0v) is 16.8. The summed E-state index contributed by atoms with van der Waals surface area (Å²) in [6, 6.07) is 6.53. The maximum atomic E-state index is 12.3. The van der Waals surface area contributed by atoms with Crippen molar-refractivity contribution in [2.45, 2.75) is 32.5 Å². The van der Waals surface area contributed by atoms with Gasteiger partial charge in [0.15, 0.2) is 12.6 Å². The van der Waals surface area contributed by atoms with Crippen molar-refractivity contribution in [1.82, 2.24) is 10.6 Å². The lowest BCUT2D eigenvalue weighted by Crippen LogP contribution is -2.38. The third kappa shape index (κ3) is 10.4. The van der Waals surface area contributed by atoms with E-state index in [1.165, 1.54) is 6.07 Å². The summed E-state index contributed by atoms with van der Waals surface area (Å²) in [5.41, 5.74) is 0.768. The highest BCUT2D eigenvalue weighted by molar-refractivity contribution is 5.79. The van der Waals surface area contributed by atoms with Crippen LogP contribution in [0.15, 0.2) is 29.3 Å². The highest BCUT2D eigenvalue weighted by atomic mass is 19.4. The van der Waals surface area contributed by atoms with Gasteiger partial charge in [-0.2, -0.15) is 13.2 Å². The molecule has 1 aliphatic rings. The van der Waals surface area contributed by atoms with E-state index in [2.05, 4.69) is 15.6 Å². The van der Waals surface area contributed by atoms with Gasteiger partial charge >= 0.3 is 6.18 Å². The number of nitrogens with one attached hydrogen (secondary N) is 2. The maximum absolute atomic E-state index is 12.3. The number of benzene rings is 1. The Balaban J connectivity index is 1.71. The number of alkyl halides is 3. The molecule has 0 aliphatic carbocycles. The molecular formula is C20H30F3N3O3. The Bertz CT molecular complexity index is 620. The second-order valence-electron chi connectivity index (χ2n) is 6.83. The molecule has 1 aromatic rings. The zero-order valence-electron chi connectivity index (χ0n) is 16.8. The third-order valence-corrected chi connectivity index (χ3v) is 4.20. The van der Waals surface area contributed by atoms with E-state index in [1.54, 1.807) is 18.2 Å². The van der Waals surface area contributed by atoms with Gasteiger partial charge in [0, 0.05) is 32.2 Å². The fourth-order valence-corrected chi connectivity index (χ4v) is 2.76. The molecule has 2 N–H and O–H groups in total. The minimum Gasteiger partial charge on any atom is -0.484 e. The lowest BCUT2D eigenvalue weighted by molar-refractivity contribution is -0.153. The number of hydrogen-bond donors (Lipinski definition) is 2. The molecule has 1 atom stereocenters. The number of ether oxygens (including phenoxy) is 3. The normalized spacial score (nSPS) is 17.4. The van der Waals surface area contributed by atoms with E-state index in [9.17, 15) is 13.2 Å². The summed E-state index contributed by atoms with van der Waals surface area (Å²) in [6.45, 7) is 5.43. The average Bonchev–Trinajstić information content (AvgIpc) is 3.20. The van der Waals surface area contributed by atoms with Crippen LogP contribution in [0.1, 0.15) is 25.3 Å². The van der Waals surface area contributed by atoms with E-state index in [0.717, 1.165) is 38.2 Å². The zero-order chi connectivity index (χ0) is 21.0. The molecule has 6 nitrogen and oxygen atoms in total. The molecule has 0 radical (unpaired) electrons. The first-order chi connectivity index (χ1) is 14.0. The van der Waals surface area contributed by atoms with Crippen molar-refractivity contribution >= 4 is 5.96 Å². The van der Waals surface area contributed by atoms with Gasteiger partial charge in [0.2, 0.25) is 0 Å². The average molecular weight is 417 g/mol. The van der Waals surface area contributed by atoms with Crippen LogP contribution in [0.2, 0.25) is 0 Å². The molecule has 1 aliphatic heterocycles. The van der Waals surface area contributed by atoms with Gasteiger partial charge in [-0.15, -0.1) is 0 Å². The standard InChI is InChI=1S/C20H30F3N3O3/c1-2-24-19(25-8-4-9-27-13-17-7-10-28-14-17)26-12-16-5-3-6-18(11-16)29-15-20(21,22)23/h3,5-6,11,17H,2,4,7-10,12-15H2,1H3,(H2,24,25,26). The van der Waals surface area contributed by atoms with Crippen molar-refractivity contribution in [3.63, 3.8) is 0 Å². The Morgan fingerprint density at radius 1 is 1.31 bits per heavy atom. The van der Waals surface area contributed by atoms with Crippen LogP contribution in [0, 0.1) is 5.92 Å². The smallest absolute Gasteiger partial charge is 0.422 e. The summed E-state index contributed by atoms with van der Waals surface area (Å²) >= 11 is 0. The van der Waals surface area contributed by atoms with Gasteiger partial charge in [0.1, 0.15) is 5.75 Å². The van der Waals surface area contributed by atoms with Crippen LogP contribution < -0.4 is 15.4 Å². The van der Waals surface area contributed by atoms with Gasteiger partial charge in [0.05, 0.1) is 19.8 Å².